The summed E-state index contributed by atoms with van der Waals surface area (Å²) in [6.45, 7) is 0. The van der Waals surface area contributed by atoms with Gasteiger partial charge < -0.3 is 24.8 Å². The summed E-state index contributed by atoms with van der Waals surface area (Å²) in [4.78, 5) is 0. The van der Waals surface area contributed by atoms with Crippen LogP contribution in [0.3, 0.4) is 0 Å². The fraction of sp³-hybridized carbons (Fsp3) is 1.00. The van der Waals surface area contributed by atoms with Gasteiger partial charge in [0.2, 0.25) is 0 Å². The molecule has 0 atom stereocenters. The van der Waals surface area contributed by atoms with Gasteiger partial charge in [-0.25, -0.2) is 0 Å². The average molecular weight is 224 g/mol. The first-order valence-electron chi connectivity index (χ1n) is 1.22. The summed E-state index contributed by atoms with van der Waals surface area (Å²) in [5.74, 6) is 0. The maximum absolute atomic E-state index is 4.64. The fourth-order valence-electron chi connectivity index (χ4n) is 0.0833. The van der Waals surface area contributed by atoms with Crippen molar-refractivity contribution in [2.45, 2.75) is 0 Å². The van der Waals surface area contributed by atoms with Crippen molar-refractivity contribution >= 4 is 0 Å². The molecule has 0 fully saturated rings. The smallest absolute Gasteiger partial charge is 1.00 e. The van der Waals surface area contributed by atoms with Gasteiger partial charge >= 0.3 is 44.0 Å². The third-order valence-electron chi connectivity index (χ3n) is 0.167. The van der Waals surface area contributed by atoms with Crippen molar-refractivity contribution in [1.82, 2.24) is 0 Å². The molecule has 0 aromatic rings. The summed E-state index contributed by atoms with van der Waals surface area (Å²) in [7, 11) is 3.32. The van der Waals surface area contributed by atoms with E-state index in [1.807, 2.05) is 0 Å². The van der Waals surface area contributed by atoms with Gasteiger partial charge in [-0.2, -0.15) is 0 Å². The second-order valence-corrected chi connectivity index (χ2v) is 2.91. The first-order chi connectivity index (χ1) is 2.41. The van der Waals surface area contributed by atoms with Crippen molar-refractivity contribution in [3.05, 3.63) is 0 Å². The molecule has 0 radical (unpaired) electrons. The fourth-order valence-corrected chi connectivity index (χ4v) is 0.493. The zero-order valence-corrected chi connectivity index (χ0v) is 8.04. The molecule has 0 amide bonds. The first-order valence-corrected chi connectivity index (χ1v) is 3.23. The summed E-state index contributed by atoms with van der Waals surface area (Å²) in [6, 6.07) is 0. The molecule has 0 aromatic carbocycles. The Balaban J connectivity index is -0.0000000800. The Hall–Kier alpha value is 1.38. The number of hydrogen-bond acceptors (Lipinski definition) is 2. The molecule has 0 unspecified atom stereocenters. The van der Waals surface area contributed by atoms with Crippen LogP contribution in [0.1, 0.15) is 0 Å². The van der Waals surface area contributed by atoms with E-state index in [0.717, 1.165) is 0 Å². The van der Waals surface area contributed by atoms with Crippen LogP contribution in [0.5, 0.6) is 0 Å². The van der Waals surface area contributed by atoms with E-state index in [1.165, 1.54) is 0 Å². The van der Waals surface area contributed by atoms with Crippen LogP contribution < -0.4 is 24.8 Å². The summed E-state index contributed by atoms with van der Waals surface area (Å²) >= 11 is -0.782. The van der Waals surface area contributed by atoms with E-state index >= 15 is 0 Å². The Labute approximate surface area is 68.6 Å². The van der Waals surface area contributed by atoms with Gasteiger partial charge in [-0.3, -0.25) is 0 Å². The molecule has 0 spiro atoms. The van der Waals surface area contributed by atoms with E-state index in [0.29, 0.717) is 0 Å². The van der Waals surface area contributed by atoms with Crippen LogP contribution in [-0.2, 0) is 29.7 Å². The van der Waals surface area contributed by atoms with E-state index in [2.05, 4.69) is 5.63 Å². The number of halogens is 2. The predicted molar refractivity (Wildman–Crippen MR) is 14.0 cm³/mol. The molecule has 0 heterocycles. The molecule has 0 aromatic heterocycles. The first kappa shape index (κ1) is 15.8. The van der Waals surface area contributed by atoms with E-state index < -0.39 is 24.1 Å². The predicted octanol–water partition coefficient (Wildman–Crippen LogP) is -5.80. The molecule has 44 valence electrons. The minimum Gasteiger partial charge on any atom is -1.00 e. The molecule has 0 rings (SSSR count). The maximum Gasteiger partial charge on any atom is -1.00 e. The van der Waals surface area contributed by atoms with Crippen LogP contribution in [-0.4, -0.2) is 14.2 Å². The van der Waals surface area contributed by atoms with Gasteiger partial charge in [0.25, 0.3) is 0 Å². The van der Waals surface area contributed by atoms with Gasteiger partial charge in [0, 0.05) is 0 Å². The summed E-state index contributed by atoms with van der Waals surface area (Å²) < 4.78 is 9.28. The largest absolute Gasteiger partial charge is 1.00 e. The number of hydrogen-bond donors (Lipinski definition) is 0. The molecule has 0 saturated carbocycles. The monoisotopic (exact) mass is 222 g/mol. The van der Waals surface area contributed by atoms with Gasteiger partial charge in [0.15, 0.2) is 0 Å². The Morgan fingerprint density at radius 3 is 1.29 bits per heavy atom. The van der Waals surface area contributed by atoms with Crippen LogP contribution in [0, 0.1) is 0 Å². The van der Waals surface area contributed by atoms with Crippen molar-refractivity contribution in [2.24, 2.45) is 0 Å². The van der Waals surface area contributed by atoms with Gasteiger partial charge in [-0.05, 0) is 0 Å². The summed E-state index contributed by atoms with van der Waals surface area (Å²) in [5, 5.41) is 0. The topological polar surface area (TPSA) is 18.5 Å². The molecule has 0 aliphatic heterocycles. The van der Waals surface area contributed by atoms with E-state index in [4.69, 9.17) is 0 Å². The molecule has 0 bridgehead atoms. The molecule has 0 aliphatic rings. The van der Waals surface area contributed by atoms with Crippen molar-refractivity contribution in [2.75, 3.05) is 14.2 Å². The Kier molecular flexibility index (Phi) is 35.3. The van der Waals surface area contributed by atoms with E-state index in [-0.39, 0.29) is 24.8 Å². The van der Waals surface area contributed by atoms with Crippen LogP contribution in [0.15, 0.2) is 0 Å². The molecule has 0 aliphatic carbocycles. The van der Waals surface area contributed by atoms with E-state index in [1.54, 1.807) is 14.2 Å². The van der Waals surface area contributed by atoms with Crippen LogP contribution in [0.2, 0.25) is 0 Å². The molecule has 5 heteroatoms. The molecular weight excluding hydrogens is 218 g/mol. The van der Waals surface area contributed by atoms with Gasteiger partial charge in [-0.15, -0.1) is 0 Å². The minimum absolute atomic E-state index is 0. The molecular formula is C2H6Cl2O2Zr. The molecule has 0 saturated heterocycles. The summed E-state index contributed by atoms with van der Waals surface area (Å²) in [5.41, 5.74) is 0. The second kappa shape index (κ2) is 15.7. The maximum atomic E-state index is 4.64. The Bertz CT molecular complexity index is 21.2. The quantitative estimate of drug-likeness (QED) is 0.465. The zero-order chi connectivity index (χ0) is 4.12. The minimum atomic E-state index is -0.782. The van der Waals surface area contributed by atoms with E-state index in [9.17, 15) is 0 Å². The normalized spacial score (nSPS) is 4.86. The Morgan fingerprint density at radius 1 is 1.00 bits per heavy atom. The number of rotatable bonds is 2. The third kappa shape index (κ3) is 18.7. The summed E-state index contributed by atoms with van der Waals surface area (Å²) in [6.07, 6.45) is 0. The molecule has 7 heavy (non-hydrogen) atoms. The third-order valence-corrected chi connectivity index (χ3v) is 0.986. The zero-order valence-electron chi connectivity index (χ0n) is 4.07. The molecule has 2 nitrogen and oxygen atoms in total. The second-order valence-electron chi connectivity index (χ2n) is 0.492. The standard InChI is InChI=1S/2CH3O.2ClH.Zr/c2*1-2;;;/h2*1H3;2*1H;/q2*-1;;;+4/p-2. The van der Waals surface area contributed by atoms with Gasteiger partial charge in [0.1, 0.15) is 0 Å². The van der Waals surface area contributed by atoms with Crippen LogP contribution in [0.4, 0.5) is 0 Å². The van der Waals surface area contributed by atoms with Gasteiger partial charge in [0.05, 0.1) is 0 Å². The Morgan fingerprint density at radius 2 is 1.29 bits per heavy atom. The average Bonchev–Trinajstić information content (AvgIpc) is 1.41. The van der Waals surface area contributed by atoms with Crippen LogP contribution in [0.25, 0.3) is 0 Å². The SMILES string of the molecule is C[O][Zr+2][O]C.[Cl-].[Cl-]. The van der Waals surface area contributed by atoms with Crippen molar-refractivity contribution in [3.63, 3.8) is 0 Å². The van der Waals surface area contributed by atoms with Crippen molar-refractivity contribution in [3.8, 4) is 0 Å². The van der Waals surface area contributed by atoms with Crippen molar-refractivity contribution < 1.29 is 54.6 Å². The molecule has 0 N–H and O–H groups in total. The van der Waals surface area contributed by atoms with Gasteiger partial charge in [-0.1, -0.05) is 0 Å². The van der Waals surface area contributed by atoms with Crippen molar-refractivity contribution in [1.29, 1.82) is 0 Å². The van der Waals surface area contributed by atoms with Crippen LogP contribution >= 0.6 is 0 Å².